The number of nitrogens with zero attached hydrogens (tertiary/aromatic N) is 2. The van der Waals surface area contributed by atoms with Gasteiger partial charge in [-0.15, -0.1) is 0 Å². The highest BCUT2D eigenvalue weighted by molar-refractivity contribution is 5.95. The largest absolute Gasteiger partial charge is 0.481 e. The van der Waals surface area contributed by atoms with Gasteiger partial charge in [-0.2, -0.15) is 26.3 Å². The Kier molecular flexibility index (Phi) is 10.7. The minimum atomic E-state index is -5.11. The number of halogens is 6. The van der Waals surface area contributed by atoms with E-state index < -0.39 is 65.2 Å². The number of hydrogen-bond acceptors (Lipinski definition) is 5. The van der Waals surface area contributed by atoms with E-state index in [4.69, 9.17) is 15.9 Å². The van der Waals surface area contributed by atoms with Gasteiger partial charge in [-0.1, -0.05) is 42.5 Å². The molecule has 0 saturated carbocycles. The maximum absolute atomic E-state index is 13.2. The summed E-state index contributed by atoms with van der Waals surface area (Å²) in [7, 11) is 1.16. The smallest absolute Gasteiger partial charge is 0.416 e. The van der Waals surface area contributed by atoms with E-state index in [1.54, 1.807) is 18.2 Å². The number of likely N-dealkylation sites (N-methyl/N-ethyl adjacent to an activating group) is 1. The van der Waals surface area contributed by atoms with Crippen LogP contribution in [0.15, 0.2) is 60.7 Å². The van der Waals surface area contributed by atoms with E-state index in [9.17, 15) is 45.8 Å². The van der Waals surface area contributed by atoms with E-state index in [1.807, 2.05) is 24.3 Å². The molecule has 5 N–H and O–H groups in total. The molecule has 0 spiro atoms. The number of carbonyl (C=O) groups is 3. The number of benzene rings is 3. The highest BCUT2D eigenvalue weighted by Crippen LogP contribution is 2.36. The fraction of sp³-hybridized carbons (Fsp3) is 0.367. The number of carbonyl (C=O) groups excluding carboxylic acids is 2. The standard InChI is InChI=1S/C24H19F6NO3.C6H12N2O3/c1-31(22(34)17-10-18(23(25,26)27)12-19(11-17)24(28,29)30)20(13-21(32)33)9-14-6-7-15-4-2-3-5-16(15)8-14;7-5(9)8-3-1-6(10,11)2-4-8/h2-8,10-12,20H,9,13H2,1H3,(H,32,33);10-11H,1-4H2,(H2,7,9). The van der Waals surface area contributed by atoms with Gasteiger partial charge in [0.1, 0.15) is 0 Å². The summed E-state index contributed by atoms with van der Waals surface area (Å²) in [5.41, 5.74) is 1.56. The molecule has 1 atom stereocenters. The lowest BCUT2D eigenvalue weighted by atomic mass is 9.98. The number of piperidine rings is 1. The zero-order valence-corrected chi connectivity index (χ0v) is 23.9. The fourth-order valence-electron chi connectivity index (χ4n) is 4.72. The summed E-state index contributed by atoms with van der Waals surface area (Å²) >= 11 is 0. The molecule has 3 aromatic rings. The third-order valence-electron chi connectivity index (χ3n) is 7.27. The first-order valence-corrected chi connectivity index (χ1v) is 13.5. The number of fused-ring (bicyclic) bond motifs is 1. The van der Waals surface area contributed by atoms with Gasteiger partial charge in [0.2, 0.25) is 0 Å². The number of carboxylic acid groups (broad SMARTS) is 1. The van der Waals surface area contributed by atoms with Crippen molar-refractivity contribution in [1.29, 1.82) is 0 Å². The second kappa shape index (κ2) is 13.7. The summed E-state index contributed by atoms with van der Waals surface area (Å²) in [6.07, 6.45) is -10.4. The number of carboxylic acids is 1. The molecular formula is C30H31F6N3O6. The number of urea groups is 1. The lowest BCUT2D eigenvalue weighted by molar-refractivity contribution is -0.184. The Hall–Kier alpha value is -4.37. The van der Waals surface area contributed by atoms with Crippen molar-refractivity contribution in [3.8, 4) is 0 Å². The van der Waals surface area contributed by atoms with Crippen LogP contribution in [0.4, 0.5) is 31.1 Å². The molecule has 1 aliphatic rings. The Morgan fingerprint density at radius 3 is 1.91 bits per heavy atom. The van der Waals surface area contributed by atoms with Gasteiger partial charge in [0.15, 0.2) is 5.79 Å². The Balaban J connectivity index is 0.000000423. The molecule has 1 fully saturated rings. The highest BCUT2D eigenvalue weighted by Gasteiger charge is 2.38. The van der Waals surface area contributed by atoms with Crippen LogP contribution in [0.3, 0.4) is 0 Å². The number of alkyl halides is 6. The van der Waals surface area contributed by atoms with Gasteiger partial charge >= 0.3 is 24.4 Å². The fourth-order valence-corrected chi connectivity index (χ4v) is 4.72. The molecule has 9 nitrogen and oxygen atoms in total. The first-order valence-electron chi connectivity index (χ1n) is 13.5. The SMILES string of the molecule is CN(C(=O)c1cc(C(F)(F)F)cc(C(F)(F)F)c1)C(CC(=O)O)Cc1ccc2ccccc2c1.NC(=O)N1CCC(O)(O)CC1. The van der Waals surface area contributed by atoms with E-state index in [0.717, 1.165) is 22.7 Å². The summed E-state index contributed by atoms with van der Waals surface area (Å²) < 4.78 is 79.1. The first-order chi connectivity index (χ1) is 20.8. The number of amides is 3. The van der Waals surface area contributed by atoms with Crippen molar-refractivity contribution in [3.63, 3.8) is 0 Å². The monoisotopic (exact) mass is 643 g/mol. The van der Waals surface area contributed by atoms with Gasteiger partial charge in [0, 0.05) is 44.6 Å². The zero-order valence-electron chi connectivity index (χ0n) is 23.9. The predicted molar refractivity (Wildman–Crippen MR) is 150 cm³/mol. The third-order valence-corrected chi connectivity index (χ3v) is 7.27. The Bertz CT molecular complexity index is 1500. The molecule has 4 rings (SSSR count). The van der Waals surface area contributed by atoms with Crippen LogP contribution < -0.4 is 5.73 Å². The molecule has 3 amide bonds. The second-order valence-corrected chi connectivity index (χ2v) is 10.7. The summed E-state index contributed by atoms with van der Waals surface area (Å²) in [6, 6.07) is 11.7. The topological polar surface area (TPSA) is 144 Å². The highest BCUT2D eigenvalue weighted by atomic mass is 19.4. The normalized spacial score (nSPS) is 15.5. The van der Waals surface area contributed by atoms with E-state index >= 15 is 0 Å². The lowest BCUT2D eigenvalue weighted by Gasteiger charge is -2.33. The Labute approximate surface area is 253 Å². The second-order valence-electron chi connectivity index (χ2n) is 10.7. The molecule has 0 aromatic heterocycles. The van der Waals surface area contributed by atoms with Gasteiger partial charge in [0.25, 0.3) is 5.91 Å². The first kappa shape index (κ1) is 35.1. The number of likely N-dealkylation sites (tertiary alicyclic amines) is 1. The average Bonchev–Trinajstić information content (AvgIpc) is 2.94. The van der Waals surface area contributed by atoms with E-state index in [-0.39, 0.29) is 25.3 Å². The molecule has 0 bridgehead atoms. The van der Waals surface area contributed by atoms with E-state index in [2.05, 4.69) is 0 Å². The summed E-state index contributed by atoms with van der Waals surface area (Å²) in [4.78, 5) is 37.2. The van der Waals surface area contributed by atoms with Crippen molar-refractivity contribution >= 4 is 28.7 Å². The number of aliphatic hydroxyl groups is 2. The number of hydrogen-bond donors (Lipinski definition) is 4. The number of primary amides is 1. The summed E-state index contributed by atoms with van der Waals surface area (Å²) in [5, 5.41) is 29.2. The molecular weight excluding hydrogens is 612 g/mol. The van der Waals surface area contributed by atoms with Crippen LogP contribution in [0.25, 0.3) is 10.8 Å². The molecule has 45 heavy (non-hydrogen) atoms. The van der Waals surface area contributed by atoms with Gasteiger partial charge in [-0.05, 0) is 41.0 Å². The van der Waals surface area contributed by atoms with Crippen molar-refractivity contribution in [3.05, 3.63) is 82.9 Å². The van der Waals surface area contributed by atoms with E-state index in [1.165, 1.54) is 4.90 Å². The molecule has 3 aromatic carbocycles. The zero-order chi connectivity index (χ0) is 33.7. The van der Waals surface area contributed by atoms with Crippen LogP contribution in [0.2, 0.25) is 0 Å². The molecule has 15 heteroatoms. The average molecular weight is 644 g/mol. The van der Waals surface area contributed by atoms with Crippen LogP contribution in [0.5, 0.6) is 0 Å². The quantitative estimate of drug-likeness (QED) is 0.223. The number of aliphatic carboxylic acids is 1. The predicted octanol–water partition coefficient (Wildman–Crippen LogP) is 4.88. The van der Waals surface area contributed by atoms with Crippen molar-refractivity contribution < 1.29 is 56.0 Å². The van der Waals surface area contributed by atoms with Crippen molar-refractivity contribution in [2.75, 3.05) is 20.1 Å². The molecule has 244 valence electrons. The molecule has 0 aliphatic carbocycles. The maximum Gasteiger partial charge on any atom is 0.416 e. The lowest BCUT2D eigenvalue weighted by Crippen LogP contribution is -2.48. The van der Waals surface area contributed by atoms with Crippen LogP contribution in [0.1, 0.15) is 46.3 Å². The van der Waals surface area contributed by atoms with Gasteiger partial charge in [0.05, 0.1) is 17.5 Å². The molecule has 0 radical (unpaired) electrons. The van der Waals surface area contributed by atoms with Crippen LogP contribution in [0, 0.1) is 0 Å². The minimum absolute atomic E-state index is 0.0322. The van der Waals surface area contributed by atoms with Crippen molar-refractivity contribution in [2.45, 2.75) is 49.9 Å². The van der Waals surface area contributed by atoms with Crippen molar-refractivity contribution in [1.82, 2.24) is 9.80 Å². The molecule has 1 heterocycles. The van der Waals surface area contributed by atoms with Crippen LogP contribution in [-0.2, 0) is 23.6 Å². The Morgan fingerprint density at radius 1 is 0.889 bits per heavy atom. The molecule has 1 saturated heterocycles. The third kappa shape index (κ3) is 9.81. The maximum atomic E-state index is 13.2. The van der Waals surface area contributed by atoms with E-state index in [0.29, 0.717) is 30.8 Å². The summed E-state index contributed by atoms with van der Waals surface area (Å²) in [5.74, 6) is -4.03. The van der Waals surface area contributed by atoms with Crippen LogP contribution in [-0.4, -0.2) is 75.0 Å². The Morgan fingerprint density at radius 2 is 1.42 bits per heavy atom. The molecule has 1 aliphatic heterocycles. The van der Waals surface area contributed by atoms with Crippen molar-refractivity contribution in [2.24, 2.45) is 5.73 Å². The molecule has 1 unspecified atom stereocenters. The van der Waals surface area contributed by atoms with Crippen LogP contribution >= 0.6 is 0 Å². The minimum Gasteiger partial charge on any atom is -0.481 e. The van der Waals surface area contributed by atoms with Gasteiger partial charge in [-0.25, -0.2) is 4.79 Å². The van der Waals surface area contributed by atoms with Gasteiger partial charge in [-0.3, -0.25) is 9.59 Å². The number of nitrogens with two attached hydrogens (primary N) is 1. The summed E-state index contributed by atoms with van der Waals surface area (Å²) in [6.45, 7) is 0.644. The number of rotatable bonds is 6. The van der Waals surface area contributed by atoms with Gasteiger partial charge < -0.3 is 30.9 Å².